The van der Waals surface area contributed by atoms with Gasteiger partial charge in [0.1, 0.15) is 0 Å². The minimum atomic E-state index is -0.588. The fraction of sp³-hybridized carbons (Fsp3) is 0.462. The highest BCUT2D eigenvalue weighted by molar-refractivity contribution is 6.04. The Morgan fingerprint density at radius 2 is 1.93 bits per heavy atom. The third kappa shape index (κ3) is 1.70. The molecule has 2 heteroatoms. The maximum absolute atomic E-state index is 12.1. The zero-order chi connectivity index (χ0) is 11.1. The summed E-state index contributed by atoms with van der Waals surface area (Å²) in [5, 5.41) is 0. The van der Waals surface area contributed by atoms with E-state index in [-0.39, 0.29) is 11.9 Å². The van der Waals surface area contributed by atoms with Crippen molar-refractivity contribution >= 4 is 5.78 Å². The zero-order valence-corrected chi connectivity index (χ0v) is 9.36. The summed E-state index contributed by atoms with van der Waals surface area (Å²) in [6.07, 6.45) is 0.0743. The number of hydrogen-bond donors (Lipinski definition) is 0. The summed E-state index contributed by atoms with van der Waals surface area (Å²) in [5.41, 5.74) is 0.151. The Morgan fingerprint density at radius 1 is 1.33 bits per heavy atom. The molecule has 0 bridgehead atoms. The van der Waals surface area contributed by atoms with E-state index in [0.717, 1.165) is 5.56 Å². The van der Waals surface area contributed by atoms with Gasteiger partial charge in [-0.15, -0.1) is 0 Å². The molecule has 0 radical (unpaired) electrons. The Kier molecular flexibility index (Phi) is 2.39. The van der Waals surface area contributed by atoms with Crippen molar-refractivity contribution in [2.45, 2.75) is 32.5 Å². The number of ether oxygens (including phenoxy) is 1. The van der Waals surface area contributed by atoms with Gasteiger partial charge in [0, 0.05) is 5.56 Å². The van der Waals surface area contributed by atoms with Crippen molar-refractivity contribution in [3.8, 4) is 0 Å². The third-order valence-electron chi connectivity index (χ3n) is 2.95. The quantitative estimate of drug-likeness (QED) is 0.559. The van der Waals surface area contributed by atoms with E-state index >= 15 is 0 Å². The van der Waals surface area contributed by atoms with E-state index in [1.807, 2.05) is 37.3 Å². The maximum Gasteiger partial charge on any atom is 0.197 e. The van der Waals surface area contributed by atoms with Crippen molar-refractivity contribution in [3.05, 3.63) is 35.9 Å². The lowest BCUT2D eigenvalue weighted by atomic mass is 9.91. The minimum absolute atomic E-state index is 0.0743. The van der Waals surface area contributed by atoms with Gasteiger partial charge >= 0.3 is 0 Å². The SMILES string of the molecule is CC(C)[C@H]1O[C@]1(C)C(=O)c1ccccc1. The molecule has 1 aliphatic rings. The van der Waals surface area contributed by atoms with Gasteiger partial charge < -0.3 is 4.74 Å². The lowest BCUT2D eigenvalue weighted by Crippen LogP contribution is -2.25. The largest absolute Gasteiger partial charge is 0.357 e. The molecule has 0 spiro atoms. The third-order valence-corrected chi connectivity index (χ3v) is 2.95. The van der Waals surface area contributed by atoms with Gasteiger partial charge in [-0.05, 0) is 12.8 Å². The molecule has 1 aromatic rings. The molecular formula is C13H16O2. The average Bonchev–Trinajstić information content (AvgIpc) is 2.93. The normalized spacial score (nSPS) is 29.2. The molecule has 1 aromatic carbocycles. The Morgan fingerprint density at radius 3 is 2.40 bits per heavy atom. The smallest absolute Gasteiger partial charge is 0.197 e. The Hall–Kier alpha value is -1.15. The molecule has 0 N–H and O–H groups in total. The van der Waals surface area contributed by atoms with E-state index in [1.165, 1.54) is 0 Å². The standard InChI is InChI=1S/C13H16O2/c1-9(2)12-13(3,15-12)11(14)10-7-5-4-6-8-10/h4-9,12H,1-3H3/t12-,13-/m1/s1. The first-order chi connectivity index (χ1) is 7.05. The molecule has 0 amide bonds. The molecule has 80 valence electrons. The lowest BCUT2D eigenvalue weighted by Gasteiger charge is -2.06. The second kappa shape index (κ2) is 3.46. The zero-order valence-electron chi connectivity index (χ0n) is 9.36. The first-order valence-corrected chi connectivity index (χ1v) is 5.33. The summed E-state index contributed by atoms with van der Waals surface area (Å²) < 4.78 is 5.53. The molecule has 1 fully saturated rings. The molecule has 2 atom stereocenters. The summed E-state index contributed by atoms with van der Waals surface area (Å²) in [7, 11) is 0. The average molecular weight is 204 g/mol. The predicted octanol–water partition coefficient (Wildman–Crippen LogP) is 2.68. The maximum atomic E-state index is 12.1. The van der Waals surface area contributed by atoms with Crippen molar-refractivity contribution in [3.63, 3.8) is 0 Å². The molecule has 2 rings (SSSR count). The van der Waals surface area contributed by atoms with Crippen LogP contribution >= 0.6 is 0 Å². The fourth-order valence-electron chi connectivity index (χ4n) is 2.06. The number of ketones is 1. The fourth-order valence-corrected chi connectivity index (χ4v) is 2.06. The lowest BCUT2D eigenvalue weighted by molar-refractivity contribution is 0.0888. The van der Waals surface area contributed by atoms with Crippen LogP contribution in [0.4, 0.5) is 0 Å². The van der Waals surface area contributed by atoms with E-state index in [0.29, 0.717) is 5.92 Å². The van der Waals surface area contributed by atoms with Gasteiger partial charge in [-0.3, -0.25) is 4.79 Å². The van der Waals surface area contributed by atoms with Crippen molar-refractivity contribution in [2.24, 2.45) is 5.92 Å². The van der Waals surface area contributed by atoms with E-state index in [9.17, 15) is 4.79 Å². The molecule has 1 heterocycles. The first kappa shape index (κ1) is 10.4. The van der Waals surface area contributed by atoms with Crippen LogP contribution in [0, 0.1) is 5.92 Å². The summed E-state index contributed by atoms with van der Waals surface area (Å²) >= 11 is 0. The number of rotatable bonds is 3. The molecule has 0 aliphatic carbocycles. The highest BCUT2D eigenvalue weighted by atomic mass is 16.6. The Balaban J connectivity index is 2.18. The topological polar surface area (TPSA) is 29.6 Å². The molecule has 0 saturated carbocycles. The highest BCUT2D eigenvalue weighted by Crippen LogP contribution is 2.43. The summed E-state index contributed by atoms with van der Waals surface area (Å²) in [4.78, 5) is 12.1. The number of carbonyl (C=O) groups is 1. The van der Waals surface area contributed by atoms with Crippen LogP contribution in [-0.4, -0.2) is 17.5 Å². The van der Waals surface area contributed by atoms with Gasteiger partial charge in [0.15, 0.2) is 11.4 Å². The number of hydrogen-bond acceptors (Lipinski definition) is 2. The highest BCUT2D eigenvalue weighted by Gasteiger charge is 2.59. The number of carbonyl (C=O) groups excluding carboxylic acids is 1. The van der Waals surface area contributed by atoms with Gasteiger partial charge in [-0.1, -0.05) is 44.2 Å². The van der Waals surface area contributed by atoms with Crippen LogP contribution in [0.2, 0.25) is 0 Å². The first-order valence-electron chi connectivity index (χ1n) is 5.33. The molecule has 15 heavy (non-hydrogen) atoms. The van der Waals surface area contributed by atoms with Crippen LogP contribution in [0.5, 0.6) is 0 Å². The second-order valence-electron chi connectivity index (χ2n) is 4.58. The van der Waals surface area contributed by atoms with Crippen molar-refractivity contribution in [2.75, 3.05) is 0 Å². The van der Waals surface area contributed by atoms with Gasteiger partial charge in [0.05, 0.1) is 6.10 Å². The van der Waals surface area contributed by atoms with Gasteiger partial charge in [-0.2, -0.15) is 0 Å². The molecule has 0 aromatic heterocycles. The Bertz CT molecular complexity index is 369. The molecule has 1 aliphatic heterocycles. The van der Waals surface area contributed by atoms with Crippen LogP contribution in [-0.2, 0) is 4.74 Å². The van der Waals surface area contributed by atoms with E-state index in [1.54, 1.807) is 0 Å². The molecule has 2 nitrogen and oxygen atoms in total. The van der Waals surface area contributed by atoms with E-state index in [2.05, 4.69) is 13.8 Å². The molecule has 1 saturated heterocycles. The van der Waals surface area contributed by atoms with Crippen LogP contribution in [0.15, 0.2) is 30.3 Å². The molecule has 0 unspecified atom stereocenters. The van der Waals surface area contributed by atoms with Gasteiger partial charge in [0.2, 0.25) is 0 Å². The van der Waals surface area contributed by atoms with Crippen molar-refractivity contribution < 1.29 is 9.53 Å². The van der Waals surface area contributed by atoms with Crippen LogP contribution in [0.3, 0.4) is 0 Å². The van der Waals surface area contributed by atoms with Gasteiger partial charge in [0.25, 0.3) is 0 Å². The predicted molar refractivity (Wildman–Crippen MR) is 58.9 cm³/mol. The van der Waals surface area contributed by atoms with Crippen LogP contribution in [0.1, 0.15) is 31.1 Å². The van der Waals surface area contributed by atoms with Crippen molar-refractivity contribution in [1.82, 2.24) is 0 Å². The van der Waals surface area contributed by atoms with E-state index in [4.69, 9.17) is 4.74 Å². The Labute approximate surface area is 90.3 Å². The summed E-state index contributed by atoms with van der Waals surface area (Å²) in [5.74, 6) is 0.490. The number of benzene rings is 1. The second-order valence-corrected chi connectivity index (χ2v) is 4.58. The van der Waals surface area contributed by atoms with Crippen LogP contribution in [0.25, 0.3) is 0 Å². The molecular weight excluding hydrogens is 188 g/mol. The summed E-state index contributed by atoms with van der Waals surface area (Å²) in [6, 6.07) is 9.35. The number of Topliss-reactive ketones (excluding diaryl/α,β-unsaturated/α-hetero) is 1. The minimum Gasteiger partial charge on any atom is -0.357 e. The van der Waals surface area contributed by atoms with Crippen LogP contribution < -0.4 is 0 Å². The van der Waals surface area contributed by atoms with Gasteiger partial charge in [-0.25, -0.2) is 0 Å². The number of epoxide rings is 1. The summed E-state index contributed by atoms with van der Waals surface area (Å²) in [6.45, 7) is 6.04. The van der Waals surface area contributed by atoms with Crippen molar-refractivity contribution in [1.29, 1.82) is 0 Å². The van der Waals surface area contributed by atoms with E-state index < -0.39 is 5.60 Å². The monoisotopic (exact) mass is 204 g/mol.